The van der Waals surface area contributed by atoms with Crippen molar-refractivity contribution in [2.24, 2.45) is 0 Å². The minimum Gasteiger partial charge on any atom is -0.493 e. The Morgan fingerprint density at radius 1 is 1.07 bits per heavy atom. The number of rotatable bonds is 4. The van der Waals surface area contributed by atoms with Crippen LogP contribution in [0.3, 0.4) is 0 Å². The third kappa shape index (κ3) is 3.79. The number of amides is 2. The second kappa shape index (κ2) is 8.41. The van der Waals surface area contributed by atoms with E-state index in [4.69, 9.17) is 4.74 Å². The zero-order chi connectivity index (χ0) is 21.1. The Morgan fingerprint density at radius 3 is 2.57 bits per heavy atom. The maximum absolute atomic E-state index is 13.7. The van der Waals surface area contributed by atoms with E-state index >= 15 is 0 Å². The van der Waals surface area contributed by atoms with Crippen LogP contribution in [0.25, 0.3) is 0 Å². The average molecular weight is 400 g/mol. The highest BCUT2D eigenvalue weighted by atomic mass is 16.5. The van der Waals surface area contributed by atoms with Gasteiger partial charge in [0.25, 0.3) is 5.91 Å². The number of nitrogens with one attached hydrogen (secondary N) is 1. The van der Waals surface area contributed by atoms with Crippen LogP contribution in [-0.2, 0) is 4.79 Å². The molecule has 0 spiro atoms. The molecule has 5 heteroatoms. The normalized spacial score (nSPS) is 15.7. The SMILES string of the molecule is CCOc1ccccc1C(=O)N1CC(=O)Nc2ccc(C)cc2[C@H]1c1ccccc1. The summed E-state index contributed by atoms with van der Waals surface area (Å²) < 4.78 is 5.69. The predicted octanol–water partition coefficient (Wildman–Crippen LogP) is 4.58. The van der Waals surface area contributed by atoms with Gasteiger partial charge in [-0.25, -0.2) is 0 Å². The fourth-order valence-corrected chi connectivity index (χ4v) is 3.89. The molecule has 4 rings (SSSR count). The number of ether oxygens (including phenoxy) is 1. The monoisotopic (exact) mass is 400 g/mol. The topological polar surface area (TPSA) is 58.6 Å². The number of fused-ring (bicyclic) bond motifs is 1. The zero-order valence-electron chi connectivity index (χ0n) is 17.1. The number of hydrogen-bond donors (Lipinski definition) is 1. The summed E-state index contributed by atoms with van der Waals surface area (Å²) in [4.78, 5) is 28.1. The highest BCUT2D eigenvalue weighted by Crippen LogP contribution is 2.37. The third-order valence-electron chi connectivity index (χ3n) is 5.19. The second-order valence-corrected chi connectivity index (χ2v) is 7.31. The molecule has 1 aliphatic rings. The first-order valence-corrected chi connectivity index (χ1v) is 10.1. The lowest BCUT2D eigenvalue weighted by atomic mass is 9.94. The number of benzene rings is 3. The number of anilines is 1. The van der Waals surface area contributed by atoms with Gasteiger partial charge in [0.1, 0.15) is 12.3 Å². The summed E-state index contributed by atoms with van der Waals surface area (Å²) in [6.07, 6.45) is 0. The maximum atomic E-state index is 13.7. The lowest BCUT2D eigenvalue weighted by Gasteiger charge is -2.31. The molecule has 3 aromatic carbocycles. The van der Waals surface area contributed by atoms with Crippen molar-refractivity contribution in [3.8, 4) is 5.75 Å². The lowest BCUT2D eigenvalue weighted by molar-refractivity contribution is -0.117. The number of hydrogen-bond acceptors (Lipinski definition) is 3. The smallest absolute Gasteiger partial charge is 0.258 e. The molecule has 3 aromatic rings. The van der Waals surface area contributed by atoms with Gasteiger partial charge in [-0.1, -0.05) is 60.2 Å². The number of carbonyl (C=O) groups is 2. The van der Waals surface area contributed by atoms with E-state index in [0.717, 1.165) is 22.4 Å². The van der Waals surface area contributed by atoms with E-state index in [9.17, 15) is 9.59 Å². The van der Waals surface area contributed by atoms with Crippen molar-refractivity contribution >= 4 is 17.5 Å². The van der Waals surface area contributed by atoms with Gasteiger partial charge in [-0.2, -0.15) is 0 Å². The van der Waals surface area contributed by atoms with Crippen molar-refractivity contribution in [2.45, 2.75) is 19.9 Å². The Kier molecular flexibility index (Phi) is 5.53. The molecule has 0 aliphatic carbocycles. The minimum atomic E-state index is -0.401. The van der Waals surface area contributed by atoms with E-state index in [1.54, 1.807) is 17.0 Å². The van der Waals surface area contributed by atoms with Crippen LogP contribution in [-0.4, -0.2) is 29.9 Å². The van der Waals surface area contributed by atoms with Gasteiger partial charge >= 0.3 is 0 Å². The van der Waals surface area contributed by atoms with Gasteiger partial charge in [0.05, 0.1) is 18.2 Å². The van der Waals surface area contributed by atoms with Crippen molar-refractivity contribution < 1.29 is 14.3 Å². The van der Waals surface area contributed by atoms with Crippen LogP contribution in [0.4, 0.5) is 5.69 Å². The first-order chi connectivity index (χ1) is 14.6. The molecule has 0 unspecified atom stereocenters. The molecule has 0 radical (unpaired) electrons. The first kappa shape index (κ1) is 19.7. The van der Waals surface area contributed by atoms with Gasteiger partial charge in [0, 0.05) is 11.3 Å². The molecule has 1 N–H and O–H groups in total. The van der Waals surface area contributed by atoms with Crippen LogP contribution in [0, 0.1) is 6.92 Å². The fraction of sp³-hybridized carbons (Fsp3) is 0.200. The molecule has 30 heavy (non-hydrogen) atoms. The van der Waals surface area contributed by atoms with Crippen LogP contribution < -0.4 is 10.1 Å². The molecule has 1 heterocycles. The first-order valence-electron chi connectivity index (χ1n) is 10.1. The van der Waals surface area contributed by atoms with E-state index in [1.807, 2.05) is 74.5 Å². The van der Waals surface area contributed by atoms with Crippen molar-refractivity contribution in [1.29, 1.82) is 0 Å². The average Bonchev–Trinajstić information content (AvgIpc) is 2.90. The van der Waals surface area contributed by atoms with Crippen LogP contribution in [0.15, 0.2) is 72.8 Å². The quantitative estimate of drug-likeness (QED) is 0.698. The van der Waals surface area contributed by atoms with Crippen molar-refractivity contribution in [3.63, 3.8) is 0 Å². The summed E-state index contributed by atoms with van der Waals surface area (Å²) in [5.41, 5.74) is 4.09. The summed E-state index contributed by atoms with van der Waals surface area (Å²) >= 11 is 0. The largest absolute Gasteiger partial charge is 0.493 e. The summed E-state index contributed by atoms with van der Waals surface area (Å²) in [5.74, 6) is 0.0594. The third-order valence-corrected chi connectivity index (χ3v) is 5.19. The van der Waals surface area contributed by atoms with Crippen molar-refractivity contribution in [3.05, 3.63) is 95.1 Å². The Hall–Kier alpha value is -3.60. The van der Waals surface area contributed by atoms with Gasteiger partial charge in [-0.15, -0.1) is 0 Å². The number of nitrogens with zero attached hydrogens (tertiary/aromatic N) is 1. The van der Waals surface area contributed by atoms with E-state index < -0.39 is 6.04 Å². The van der Waals surface area contributed by atoms with Gasteiger partial charge in [-0.05, 0) is 37.6 Å². The molecule has 0 saturated carbocycles. The van der Waals surface area contributed by atoms with Crippen LogP contribution in [0.2, 0.25) is 0 Å². The summed E-state index contributed by atoms with van der Waals surface area (Å²) in [6.45, 7) is 4.29. The molecule has 0 saturated heterocycles. The number of aryl methyl sites for hydroxylation is 1. The Morgan fingerprint density at radius 2 is 1.80 bits per heavy atom. The number of carbonyl (C=O) groups excluding carboxylic acids is 2. The molecule has 0 fully saturated rings. The molecular formula is C25H24N2O3. The number of para-hydroxylation sites is 1. The minimum absolute atomic E-state index is 0.0490. The predicted molar refractivity (Wildman–Crippen MR) is 117 cm³/mol. The molecule has 152 valence electrons. The standard InChI is InChI=1S/C25H24N2O3/c1-3-30-22-12-8-7-11-19(22)25(29)27-16-23(28)26-21-14-13-17(2)15-20(21)24(27)18-9-5-4-6-10-18/h4-15,24H,3,16H2,1-2H3,(H,26,28)/t24-/m1/s1. The molecule has 2 amide bonds. The van der Waals surface area contributed by atoms with Gasteiger partial charge in [0.2, 0.25) is 5.91 Å². The van der Waals surface area contributed by atoms with Gasteiger partial charge in [-0.3, -0.25) is 9.59 Å². The maximum Gasteiger partial charge on any atom is 0.258 e. The zero-order valence-corrected chi connectivity index (χ0v) is 17.1. The van der Waals surface area contributed by atoms with Crippen LogP contribution in [0.5, 0.6) is 5.75 Å². The van der Waals surface area contributed by atoms with Gasteiger partial charge in [0.15, 0.2) is 0 Å². The summed E-state index contributed by atoms with van der Waals surface area (Å²) in [5, 5.41) is 2.96. The Balaban J connectivity index is 1.88. The molecule has 0 bridgehead atoms. The highest BCUT2D eigenvalue weighted by molar-refractivity contribution is 6.02. The van der Waals surface area contributed by atoms with Gasteiger partial charge < -0.3 is 15.0 Å². The molecule has 5 nitrogen and oxygen atoms in total. The van der Waals surface area contributed by atoms with E-state index in [0.29, 0.717) is 17.9 Å². The molecule has 0 aromatic heterocycles. The summed E-state index contributed by atoms with van der Waals surface area (Å²) in [7, 11) is 0. The fourth-order valence-electron chi connectivity index (χ4n) is 3.89. The Labute approximate surface area is 176 Å². The molecule has 1 aliphatic heterocycles. The van der Waals surface area contributed by atoms with Crippen molar-refractivity contribution in [1.82, 2.24) is 4.90 Å². The van der Waals surface area contributed by atoms with Crippen LogP contribution >= 0.6 is 0 Å². The second-order valence-electron chi connectivity index (χ2n) is 7.31. The van der Waals surface area contributed by atoms with Crippen molar-refractivity contribution in [2.75, 3.05) is 18.5 Å². The highest BCUT2D eigenvalue weighted by Gasteiger charge is 2.34. The van der Waals surface area contributed by atoms with Crippen LogP contribution in [0.1, 0.15) is 40.0 Å². The lowest BCUT2D eigenvalue weighted by Crippen LogP contribution is -2.39. The van der Waals surface area contributed by atoms with E-state index in [2.05, 4.69) is 5.32 Å². The molecular weight excluding hydrogens is 376 g/mol. The summed E-state index contributed by atoms with van der Waals surface area (Å²) in [6, 6.07) is 22.5. The van der Waals surface area contributed by atoms with E-state index in [1.165, 1.54) is 0 Å². The van der Waals surface area contributed by atoms with E-state index in [-0.39, 0.29) is 18.4 Å². The Bertz CT molecular complexity index is 1080. The molecule has 1 atom stereocenters.